The van der Waals surface area contributed by atoms with Crippen molar-refractivity contribution >= 4 is 10.0 Å². The Morgan fingerprint density at radius 1 is 1.33 bits per heavy atom. The van der Waals surface area contributed by atoms with Gasteiger partial charge in [0.05, 0.1) is 0 Å². The molecule has 1 aliphatic heterocycles. The number of sulfonamides is 1. The average Bonchev–Trinajstić information content (AvgIpc) is 2.47. The van der Waals surface area contributed by atoms with Crippen LogP contribution in [0.15, 0.2) is 23.1 Å². The molecule has 0 amide bonds. The summed E-state index contributed by atoms with van der Waals surface area (Å²) in [5.41, 5.74) is 0.735. The first-order chi connectivity index (χ1) is 9.98. The van der Waals surface area contributed by atoms with Crippen LogP contribution in [-0.4, -0.2) is 32.9 Å². The summed E-state index contributed by atoms with van der Waals surface area (Å²) in [7, 11) is -1.95. The molecule has 1 heterocycles. The minimum absolute atomic E-state index is 0.211. The van der Waals surface area contributed by atoms with Gasteiger partial charge in [0.2, 0.25) is 10.0 Å². The summed E-state index contributed by atoms with van der Waals surface area (Å²) < 4.78 is 40.6. The Labute approximate surface area is 126 Å². The summed E-state index contributed by atoms with van der Waals surface area (Å²) in [5.74, 6) is -0.0836. The van der Waals surface area contributed by atoms with Gasteiger partial charge in [0.15, 0.2) is 0 Å². The molecule has 1 saturated heterocycles. The highest BCUT2D eigenvalue weighted by Crippen LogP contribution is 2.27. The van der Waals surface area contributed by atoms with Gasteiger partial charge in [0, 0.05) is 19.6 Å². The van der Waals surface area contributed by atoms with Gasteiger partial charge in [-0.05, 0) is 43.5 Å². The number of nitrogens with one attached hydrogen (secondary N) is 1. The zero-order chi connectivity index (χ0) is 15.5. The van der Waals surface area contributed by atoms with Crippen LogP contribution in [0, 0.1) is 11.7 Å². The highest BCUT2D eigenvalue weighted by atomic mass is 32.2. The first kappa shape index (κ1) is 16.4. The molecule has 2 rings (SSSR count). The molecule has 0 aromatic heterocycles. The molecule has 118 valence electrons. The monoisotopic (exact) mass is 314 g/mol. The van der Waals surface area contributed by atoms with Crippen LogP contribution < -0.4 is 5.32 Å². The maximum absolute atomic E-state index is 14.1. The van der Waals surface area contributed by atoms with Crippen molar-refractivity contribution in [3.8, 4) is 0 Å². The van der Waals surface area contributed by atoms with E-state index in [0.717, 1.165) is 24.8 Å². The van der Waals surface area contributed by atoms with E-state index >= 15 is 0 Å². The molecule has 21 heavy (non-hydrogen) atoms. The predicted octanol–water partition coefficient (Wildman–Crippen LogP) is 2.36. The van der Waals surface area contributed by atoms with Crippen LogP contribution in [0.3, 0.4) is 0 Å². The van der Waals surface area contributed by atoms with Crippen LogP contribution in [0.2, 0.25) is 0 Å². The van der Waals surface area contributed by atoms with Gasteiger partial charge in [-0.3, -0.25) is 0 Å². The van der Waals surface area contributed by atoms with Gasteiger partial charge in [-0.15, -0.1) is 0 Å². The van der Waals surface area contributed by atoms with Crippen molar-refractivity contribution in [1.29, 1.82) is 0 Å². The van der Waals surface area contributed by atoms with Crippen LogP contribution >= 0.6 is 0 Å². The lowest BCUT2D eigenvalue weighted by molar-refractivity contribution is 0.268. The van der Waals surface area contributed by atoms with E-state index in [1.54, 1.807) is 13.1 Å². The molecular formula is C15H23FN2O2S. The number of nitrogens with zero attached hydrogens (tertiary/aromatic N) is 1. The van der Waals surface area contributed by atoms with E-state index in [1.807, 2.05) is 0 Å². The minimum Gasteiger partial charge on any atom is -0.316 e. The largest absolute Gasteiger partial charge is 0.316 e. The second kappa shape index (κ2) is 6.85. The van der Waals surface area contributed by atoms with E-state index in [1.165, 1.54) is 16.4 Å². The summed E-state index contributed by atoms with van der Waals surface area (Å²) in [6.45, 7) is 3.60. The molecule has 0 unspecified atom stereocenters. The Morgan fingerprint density at radius 2 is 2.00 bits per heavy atom. The molecule has 1 N–H and O–H groups in total. The molecule has 6 heteroatoms. The van der Waals surface area contributed by atoms with Crippen LogP contribution in [0.25, 0.3) is 0 Å². The molecule has 4 nitrogen and oxygen atoms in total. The second-order valence-corrected chi connectivity index (χ2v) is 7.46. The molecule has 0 spiro atoms. The first-order valence-corrected chi connectivity index (χ1v) is 8.86. The first-order valence-electron chi connectivity index (χ1n) is 7.42. The summed E-state index contributed by atoms with van der Waals surface area (Å²) in [5, 5.41) is 2.92. The fourth-order valence-corrected chi connectivity index (χ4v) is 4.28. The molecular weight excluding hydrogens is 291 g/mol. The van der Waals surface area contributed by atoms with E-state index in [2.05, 4.69) is 12.2 Å². The molecule has 1 aromatic carbocycles. The standard InChI is InChI=1S/C15H23FN2O2S/c1-3-12-6-8-18(9-7-12)21(19,20)15-5-4-13(11-17-2)10-14(15)16/h4-5,10,12,17H,3,6-9,11H2,1-2H3. The molecule has 0 bridgehead atoms. The van der Waals surface area contributed by atoms with Gasteiger partial charge < -0.3 is 5.32 Å². The zero-order valence-electron chi connectivity index (χ0n) is 12.6. The summed E-state index contributed by atoms with van der Waals surface area (Å²) in [6, 6.07) is 4.33. The van der Waals surface area contributed by atoms with E-state index in [9.17, 15) is 12.8 Å². The number of piperidine rings is 1. The summed E-state index contributed by atoms with van der Waals surface area (Å²) in [6.07, 6.45) is 2.78. The van der Waals surface area contributed by atoms with Gasteiger partial charge in [-0.2, -0.15) is 4.31 Å². The Hall–Kier alpha value is -0.980. The predicted molar refractivity (Wildman–Crippen MR) is 80.9 cm³/mol. The number of halogens is 1. The molecule has 1 fully saturated rings. The zero-order valence-corrected chi connectivity index (χ0v) is 13.4. The highest BCUT2D eigenvalue weighted by molar-refractivity contribution is 7.89. The number of rotatable bonds is 5. The van der Waals surface area contributed by atoms with Crippen molar-refractivity contribution in [3.05, 3.63) is 29.6 Å². The Morgan fingerprint density at radius 3 is 2.52 bits per heavy atom. The number of hydrogen-bond donors (Lipinski definition) is 1. The third kappa shape index (κ3) is 3.62. The third-order valence-corrected chi connectivity index (χ3v) is 6.08. The molecule has 1 aromatic rings. The number of benzene rings is 1. The van der Waals surface area contributed by atoms with E-state index in [-0.39, 0.29) is 4.90 Å². The van der Waals surface area contributed by atoms with Crippen molar-refractivity contribution in [3.63, 3.8) is 0 Å². The van der Waals surface area contributed by atoms with Crippen LogP contribution in [-0.2, 0) is 16.6 Å². The van der Waals surface area contributed by atoms with Gasteiger partial charge in [0.1, 0.15) is 10.7 Å². The van der Waals surface area contributed by atoms with Gasteiger partial charge >= 0.3 is 0 Å². The topological polar surface area (TPSA) is 49.4 Å². The Kier molecular flexibility index (Phi) is 5.35. The Balaban J connectivity index is 2.20. The lowest BCUT2D eigenvalue weighted by Gasteiger charge is -2.30. The normalized spacial score (nSPS) is 18.0. The molecule has 0 atom stereocenters. The smallest absolute Gasteiger partial charge is 0.245 e. The van der Waals surface area contributed by atoms with Gasteiger partial charge in [-0.1, -0.05) is 19.4 Å². The molecule has 0 radical (unpaired) electrons. The fraction of sp³-hybridized carbons (Fsp3) is 0.600. The van der Waals surface area contributed by atoms with Crippen molar-refractivity contribution < 1.29 is 12.8 Å². The third-order valence-electron chi connectivity index (χ3n) is 4.15. The van der Waals surface area contributed by atoms with Crippen LogP contribution in [0.1, 0.15) is 31.7 Å². The summed E-state index contributed by atoms with van der Waals surface area (Å²) in [4.78, 5) is -0.211. The lowest BCUT2D eigenvalue weighted by Crippen LogP contribution is -2.38. The second-order valence-electron chi connectivity index (χ2n) is 5.55. The molecule has 1 aliphatic rings. The SMILES string of the molecule is CCC1CCN(S(=O)(=O)c2ccc(CNC)cc2F)CC1. The van der Waals surface area contributed by atoms with Crippen molar-refractivity contribution in [1.82, 2.24) is 9.62 Å². The number of hydrogen-bond acceptors (Lipinski definition) is 3. The average molecular weight is 314 g/mol. The molecule has 0 saturated carbocycles. The Bertz CT molecular complexity index is 581. The van der Waals surface area contributed by atoms with E-state index < -0.39 is 15.8 Å². The maximum atomic E-state index is 14.1. The van der Waals surface area contributed by atoms with Crippen molar-refractivity contribution in [2.75, 3.05) is 20.1 Å². The molecule has 0 aliphatic carbocycles. The van der Waals surface area contributed by atoms with Gasteiger partial charge in [0.25, 0.3) is 0 Å². The van der Waals surface area contributed by atoms with Crippen LogP contribution in [0.4, 0.5) is 4.39 Å². The van der Waals surface area contributed by atoms with Crippen molar-refractivity contribution in [2.24, 2.45) is 5.92 Å². The van der Waals surface area contributed by atoms with E-state index in [0.29, 0.717) is 25.6 Å². The fourth-order valence-electron chi connectivity index (χ4n) is 2.76. The lowest BCUT2D eigenvalue weighted by atomic mass is 9.96. The van der Waals surface area contributed by atoms with Gasteiger partial charge in [-0.25, -0.2) is 12.8 Å². The maximum Gasteiger partial charge on any atom is 0.245 e. The van der Waals surface area contributed by atoms with E-state index in [4.69, 9.17) is 0 Å². The highest BCUT2D eigenvalue weighted by Gasteiger charge is 2.30. The van der Waals surface area contributed by atoms with Crippen LogP contribution in [0.5, 0.6) is 0 Å². The summed E-state index contributed by atoms with van der Waals surface area (Å²) >= 11 is 0. The quantitative estimate of drug-likeness (QED) is 0.907. The minimum atomic E-state index is -3.72. The van der Waals surface area contributed by atoms with Crippen molar-refractivity contribution in [2.45, 2.75) is 37.6 Å².